The predicted octanol–water partition coefficient (Wildman–Crippen LogP) is 3.89. The van der Waals surface area contributed by atoms with Crippen LogP contribution in [-0.2, 0) is 6.54 Å². The zero-order valence-corrected chi connectivity index (χ0v) is 13.8. The van der Waals surface area contributed by atoms with Crippen LogP contribution in [-0.4, -0.2) is 36.5 Å². The Hall–Kier alpha value is -0.510. The molecular formula is C16H29NOS. The van der Waals surface area contributed by atoms with E-state index in [1.165, 1.54) is 30.0 Å². The Bertz CT molecular complexity index is 324. The van der Waals surface area contributed by atoms with Gasteiger partial charge in [0, 0.05) is 31.6 Å². The molecule has 1 fully saturated rings. The molecule has 0 spiro atoms. The van der Waals surface area contributed by atoms with Crippen molar-refractivity contribution in [1.82, 2.24) is 4.90 Å². The Kier molecular flexibility index (Phi) is 11.0. The average molecular weight is 283 g/mol. The molecule has 0 saturated carbocycles. The van der Waals surface area contributed by atoms with Crippen molar-refractivity contribution < 1.29 is 5.11 Å². The van der Waals surface area contributed by atoms with Crippen LogP contribution < -0.4 is 0 Å². The van der Waals surface area contributed by atoms with Gasteiger partial charge in [-0.25, -0.2) is 0 Å². The smallest absolute Gasteiger partial charge is 0.0319 e. The van der Waals surface area contributed by atoms with Crippen LogP contribution in [0.15, 0.2) is 29.2 Å². The molecule has 1 aliphatic rings. The van der Waals surface area contributed by atoms with E-state index in [0.29, 0.717) is 0 Å². The van der Waals surface area contributed by atoms with Gasteiger partial charge in [-0.2, -0.15) is 0 Å². The Balaban J connectivity index is 0.000000741. The van der Waals surface area contributed by atoms with E-state index in [1.807, 2.05) is 25.6 Å². The molecule has 3 heteroatoms. The third-order valence-electron chi connectivity index (χ3n) is 3.15. The minimum absolute atomic E-state index is 0.953. The number of aliphatic hydroxyl groups is 1. The molecule has 2 rings (SSSR count). The van der Waals surface area contributed by atoms with E-state index in [4.69, 9.17) is 5.11 Å². The lowest BCUT2D eigenvalue weighted by molar-refractivity contribution is 0.0898. The SMILES string of the molecule is CC.CCC1CN(Cc2cccc(SC)c2)C1.CO. The highest BCUT2D eigenvalue weighted by molar-refractivity contribution is 7.98. The highest BCUT2D eigenvalue weighted by atomic mass is 32.2. The van der Waals surface area contributed by atoms with Crippen molar-refractivity contribution in [2.24, 2.45) is 5.92 Å². The van der Waals surface area contributed by atoms with Gasteiger partial charge >= 0.3 is 0 Å². The molecule has 0 atom stereocenters. The fraction of sp³-hybridized carbons (Fsp3) is 0.625. The molecule has 1 aromatic carbocycles. The fourth-order valence-corrected chi connectivity index (χ4v) is 2.58. The maximum absolute atomic E-state index is 7.00. The summed E-state index contributed by atoms with van der Waals surface area (Å²) in [5.74, 6) is 0.953. The second-order valence-electron chi connectivity index (χ2n) is 4.32. The lowest BCUT2D eigenvalue weighted by atomic mass is 9.97. The lowest BCUT2D eigenvalue weighted by Gasteiger charge is -2.38. The maximum atomic E-state index is 7.00. The third kappa shape index (κ3) is 6.46. The molecular weight excluding hydrogens is 254 g/mol. The number of nitrogens with zero attached hydrogens (tertiary/aromatic N) is 1. The summed E-state index contributed by atoms with van der Waals surface area (Å²) < 4.78 is 0. The minimum Gasteiger partial charge on any atom is -0.400 e. The van der Waals surface area contributed by atoms with Crippen LogP contribution in [0.2, 0.25) is 0 Å². The van der Waals surface area contributed by atoms with Gasteiger partial charge in [0.1, 0.15) is 0 Å². The number of rotatable bonds is 4. The normalized spacial score (nSPS) is 14.6. The molecule has 1 aliphatic heterocycles. The molecule has 0 bridgehead atoms. The molecule has 1 saturated heterocycles. The van der Waals surface area contributed by atoms with Crippen LogP contribution in [0.4, 0.5) is 0 Å². The van der Waals surface area contributed by atoms with Crippen molar-refractivity contribution in [3.8, 4) is 0 Å². The van der Waals surface area contributed by atoms with Crippen molar-refractivity contribution in [3.63, 3.8) is 0 Å². The first kappa shape index (κ1) is 18.5. The largest absolute Gasteiger partial charge is 0.400 e. The van der Waals surface area contributed by atoms with E-state index in [0.717, 1.165) is 19.6 Å². The average Bonchev–Trinajstić information content (AvgIpc) is 2.47. The number of benzene rings is 1. The van der Waals surface area contributed by atoms with E-state index in [1.54, 1.807) is 0 Å². The van der Waals surface area contributed by atoms with Crippen LogP contribution in [0.1, 0.15) is 32.8 Å². The standard InChI is InChI=1S/C13H19NS.C2H6.CH4O/c1-3-11-8-14(9-11)10-12-5-4-6-13(7-12)15-2;2*1-2/h4-7,11H,3,8-10H2,1-2H3;1-2H3;2H,1H3. The van der Waals surface area contributed by atoms with Crippen molar-refractivity contribution in [2.75, 3.05) is 26.5 Å². The molecule has 19 heavy (non-hydrogen) atoms. The lowest BCUT2D eigenvalue weighted by Crippen LogP contribution is -2.45. The molecule has 0 unspecified atom stereocenters. The highest BCUT2D eigenvalue weighted by Crippen LogP contribution is 2.22. The Morgan fingerprint density at radius 1 is 1.26 bits per heavy atom. The van der Waals surface area contributed by atoms with Crippen LogP contribution in [0.3, 0.4) is 0 Å². The Morgan fingerprint density at radius 2 is 1.89 bits per heavy atom. The molecule has 1 heterocycles. The van der Waals surface area contributed by atoms with E-state index in [9.17, 15) is 0 Å². The third-order valence-corrected chi connectivity index (χ3v) is 3.88. The molecule has 0 amide bonds. The predicted molar refractivity (Wildman–Crippen MR) is 86.8 cm³/mol. The van der Waals surface area contributed by atoms with Gasteiger partial charge < -0.3 is 5.11 Å². The molecule has 0 aliphatic carbocycles. The summed E-state index contributed by atoms with van der Waals surface area (Å²) in [6.07, 6.45) is 3.47. The number of hydrogen-bond donors (Lipinski definition) is 1. The summed E-state index contributed by atoms with van der Waals surface area (Å²) in [7, 11) is 1.00. The fourth-order valence-electron chi connectivity index (χ4n) is 2.09. The Morgan fingerprint density at radius 3 is 2.42 bits per heavy atom. The van der Waals surface area contributed by atoms with Crippen LogP contribution in [0.5, 0.6) is 0 Å². The van der Waals surface area contributed by atoms with Gasteiger partial charge in [0.2, 0.25) is 0 Å². The highest BCUT2D eigenvalue weighted by Gasteiger charge is 2.24. The monoisotopic (exact) mass is 283 g/mol. The Labute approximate surface area is 123 Å². The van der Waals surface area contributed by atoms with Gasteiger partial charge in [-0.3, -0.25) is 4.90 Å². The second kappa shape index (κ2) is 11.3. The van der Waals surface area contributed by atoms with Gasteiger partial charge in [0.15, 0.2) is 0 Å². The zero-order valence-electron chi connectivity index (χ0n) is 13.0. The molecule has 110 valence electrons. The number of hydrogen-bond acceptors (Lipinski definition) is 3. The van der Waals surface area contributed by atoms with Gasteiger partial charge in [0.05, 0.1) is 0 Å². The maximum Gasteiger partial charge on any atom is 0.0319 e. The molecule has 2 nitrogen and oxygen atoms in total. The first-order valence-electron chi connectivity index (χ1n) is 7.12. The number of thioether (sulfide) groups is 1. The summed E-state index contributed by atoms with van der Waals surface area (Å²) in [6.45, 7) is 10.0. The van der Waals surface area contributed by atoms with E-state index in [-0.39, 0.29) is 0 Å². The summed E-state index contributed by atoms with van der Waals surface area (Å²) in [5, 5.41) is 7.00. The molecule has 0 radical (unpaired) electrons. The summed E-state index contributed by atoms with van der Waals surface area (Å²) >= 11 is 1.82. The van der Waals surface area contributed by atoms with Gasteiger partial charge in [-0.05, 0) is 29.9 Å². The second-order valence-corrected chi connectivity index (χ2v) is 5.20. The van der Waals surface area contributed by atoms with Crippen LogP contribution in [0, 0.1) is 5.92 Å². The van der Waals surface area contributed by atoms with Gasteiger partial charge in [-0.15, -0.1) is 11.8 Å². The molecule has 1 aromatic rings. The minimum atomic E-state index is 0.953. The molecule has 0 aromatic heterocycles. The van der Waals surface area contributed by atoms with E-state index in [2.05, 4.69) is 42.3 Å². The quantitative estimate of drug-likeness (QED) is 0.848. The van der Waals surface area contributed by atoms with Gasteiger partial charge in [0.25, 0.3) is 0 Å². The van der Waals surface area contributed by atoms with Crippen LogP contribution >= 0.6 is 11.8 Å². The summed E-state index contributed by atoms with van der Waals surface area (Å²) in [6, 6.07) is 8.89. The first-order chi connectivity index (χ1) is 9.31. The number of likely N-dealkylation sites (tertiary alicyclic amines) is 1. The van der Waals surface area contributed by atoms with E-state index < -0.39 is 0 Å². The van der Waals surface area contributed by atoms with Crippen molar-refractivity contribution in [3.05, 3.63) is 29.8 Å². The van der Waals surface area contributed by atoms with Crippen molar-refractivity contribution in [1.29, 1.82) is 0 Å². The summed E-state index contributed by atoms with van der Waals surface area (Å²) in [5.41, 5.74) is 1.46. The van der Waals surface area contributed by atoms with Gasteiger partial charge in [-0.1, -0.05) is 39.3 Å². The molecule has 1 N–H and O–H groups in total. The summed E-state index contributed by atoms with van der Waals surface area (Å²) in [4.78, 5) is 3.91. The van der Waals surface area contributed by atoms with Crippen molar-refractivity contribution >= 4 is 11.8 Å². The topological polar surface area (TPSA) is 23.5 Å². The zero-order chi connectivity index (χ0) is 14.7. The number of aliphatic hydroxyl groups excluding tert-OH is 1. The first-order valence-corrected chi connectivity index (χ1v) is 8.34. The van der Waals surface area contributed by atoms with Crippen molar-refractivity contribution in [2.45, 2.75) is 38.6 Å². The van der Waals surface area contributed by atoms with E-state index >= 15 is 0 Å². The van der Waals surface area contributed by atoms with Crippen LogP contribution in [0.25, 0.3) is 0 Å².